The number of hydrogen-bond acceptors (Lipinski definition) is 4. The lowest BCUT2D eigenvalue weighted by Gasteiger charge is -1.99. The number of nitrogens with one attached hydrogen (secondary N) is 1. The van der Waals surface area contributed by atoms with Gasteiger partial charge in [-0.2, -0.15) is 0 Å². The Balaban J connectivity index is 2.64. The second kappa shape index (κ2) is 5.95. The molecular weight excluding hydrogens is 194 g/mol. The molecule has 80 valence electrons. The molecule has 0 saturated carbocycles. The van der Waals surface area contributed by atoms with E-state index in [2.05, 4.69) is 10.2 Å². The maximum absolute atomic E-state index is 10.8. The number of esters is 1. The van der Waals surface area contributed by atoms with Crippen LogP contribution in [0.5, 0.6) is 0 Å². The highest BCUT2D eigenvalue weighted by Gasteiger charge is 1.93. The van der Waals surface area contributed by atoms with Crippen molar-refractivity contribution in [2.24, 2.45) is 0 Å². The molecule has 4 nitrogen and oxygen atoms in total. The number of hydrogen-bond donors (Lipinski definition) is 2. The Morgan fingerprint density at radius 1 is 1.47 bits per heavy atom. The van der Waals surface area contributed by atoms with Crippen LogP contribution in [-0.4, -0.2) is 18.3 Å². The normalized spacial score (nSPS) is 10.5. The molecule has 15 heavy (non-hydrogen) atoms. The summed E-state index contributed by atoms with van der Waals surface area (Å²) in [5.41, 5.74) is 3.94. The van der Waals surface area contributed by atoms with Crippen LogP contribution in [-0.2, 0) is 16.1 Å². The number of rotatable bonds is 4. The molecule has 0 aromatic heterocycles. The molecule has 0 fully saturated rings. The van der Waals surface area contributed by atoms with Gasteiger partial charge in [0, 0.05) is 12.6 Å². The highest BCUT2D eigenvalue weighted by atomic mass is 16.5. The molecule has 0 amide bonds. The Morgan fingerprint density at radius 2 is 2.13 bits per heavy atom. The second-order valence-electron chi connectivity index (χ2n) is 2.93. The van der Waals surface area contributed by atoms with Crippen molar-refractivity contribution in [1.29, 1.82) is 0 Å². The maximum atomic E-state index is 10.8. The summed E-state index contributed by atoms with van der Waals surface area (Å²) in [4.78, 5) is 10.8. The van der Waals surface area contributed by atoms with Gasteiger partial charge >= 0.3 is 5.97 Å². The Morgan fingerprint density at radius 3 is 2.67 bits per heavy atom. The minimum atomic E-state index is -0.379. The highest BCUT2D eigenvalue weighted by molar-refractivity contribution is 5.86. The lowest BCUT2D eigenvalue weighted by Crippen LogP contribution is -2.05. The van der Waals surface area contributed by atoms with Crippen molar-refractivity contribution in [1.82, 2.24) is 5.48 Å². The standard InChI is InChI=1S/C11H13NO3/c1-15-11(13)7-6-9-2-4-10(5-3-9)8-12-14/h2-7,12,14H,8H2,1H3. The van der Waals surface area contributed by atoms with Gasteiger partial charge in [-0.25, -0.2) is 10.3 Å². The molecule has 1 rings (SSSR count). The van der Waals surface area contributed by atoms with Crippen LogP contribution < -0.4 is 5.48 Å². The average molecular weight is 207 g/mol. The summed E-state index contributed by atoms with van der Waals surface area (Å²) >= 11 is 0. The van der Waals surface area contributed by atoms with Crippen LogP contribution in [0, 0.1) is 0 Å². The number of carbonyl (C=O) groups is 1. The van der Waals surface area contributed by atoms with E-state index >= 15 is 0 Å². The molecule has 0 spiro atoms. The van der Waals surface area contributed by atoms with E-state index in [1.54, 1.807) is 6.08 Å². The molecular formula is C11H13NO3. The topological polar surface area (TPSA) is 58.6 Å². The van der Waals surface area contributed by atoms with E-state index in [0.717, 1.165) is 11.1 Å². The Labute approximate surface area is 88.1 Å². The molecule has 0 aliphatic heterocycles. The first-order valence-electron chi connectivity index (χ1n) is 4.48. The van der Waals surface area contributed by atoms with Crippen molar-refractivity contribution < 1.29 is 14.7 Å². The largest absolute Gasteiger partial charge is 0.466 e. The van der Waals surface area contributed by atoms with Crippen LogP contribution in [0.2, 0.25) is 0 Å². The highest BCUT2D eigenvalue weighted by Crippen LogP contribution is 2.06. The first kappa shape index (κ1) is 11.4. The number of benzene rings is 1. The fourth-order valence-electron chi connectivity index (χ4n) is 1.07. The van der Waals surface area contributed by atoms with E-state index < -0.39 is 0 Å². The van der Waals surface area contributed by atoms with Crippen LogP contribution in [0.4, 0.5) is 0 Å². The molecule has 0 bridgehead atoms. The predicted molar refractivity (Wildman–Crippen MR) is 56.1 cm³/mol. The van der Waals surface area contributed by atoms with E-state index in [1.165, 1.54) is 13.2 Å². The van der Waals surface area contributed by atoms with Crippen LogP contribution in [0.15, 0.2) is 30.3 Å². The maximum Gasteiger partial charge on any atom is 0.330 e. The van der Waals surface area contributed by atoms with Crippen molar-refractivity contribution >= 4 is 12.0 Å². The molecule has 0 aliphatic carbocycles. The number of methoxy groups -OCH3 is 1. The fraction of sp³-hybridized carbons (Fsp3) is 0.182. The summed E-state index contributed by atoms with van der Waals surface area (Å²) in [7, 11) is 1.34. The molecule has 0 aliphatic rings. The van der Waals surface area contributed by atoms with E-state index in [0.29, 0.717) is 6.54 Å². The van der Waals surface area contributed by atoms with Gasteiger partial charge in [0.1, 0.15) is 0 Å². The summed E-state index contributed by atoms with van der Waals surface area (Å²) in [6.45, 7) is 0.404. The lowest BCUT2D eigenvalue weighted by atomic mass is 10.1. The zero-order valence-electron chi connectivity index (χ0n) is 8.43. The van der Waals surface area contributed by atoms with Gasteiger partial charge in [0.15, 0.2) is 0 Å². The van der Waals surface area contributed by atoms with Gasteiger partial charge in [-0.3, -0.25) is 0 Å². The minimum absolute atomic E-state index is 0.379. The van der Waals surface area contributed by atoms with Crippen LogP contribution in [0.3, 0.4) is 0 Å². The smallest absolute Gasteiger partial charge is 0.330 e. The van der Waals surface area contributed by atoms with Crippen molar-refractivity contribution in [3.05, 3.63) is 41.5 Å². The minimum Gasteiger partial charge on any atom is -0.466 e. The van der Waals surface area contributed by atoms with Crippen molar-refractivity contribution in [2.75, 3.05) is 7.11 Å². The second-order valence-corrected chi connectivity index (χ2v) is 2.93. The molecule has 1 aromatic carbocycles. The Bertz CT molecular complexity index is 343. The summed E-state index contributed by atoms with van der Waals surface area (Å²) in [6.07, 6.45) is 3.03. The summed E-state index contributed by atoms with van der Waals surface area (Å²) in [6, 6.07) is 7.43. The van der Waals surface area contributed by atoms with E-state index in [4.69, 9.17) is 5.21 Å². The summed E-state index contributed by atoms with van der Waals surface area (Å²) in [5, 5.41) is 8.47. The van der Waals surface area contributed by atoms with Gasteiger partial charge in [0.25, 0.3) is 0 Å². The number of ether oxygens (including phenoxy) is 1. The molecule has 0 unspecified atom stereocenters. The van der Waals surface area contributed by atoms with E-state index in [9.17, 15) is 4.79 Å². The zero-order valence-corrected chi connectivity index (χ0v) is 8.43. The van der Waals surface area contributed by atoms with Gasteiger partial charge < -0.3 is 9.94 Å². The van der Waals surface area contributed by atoms with E-state index in [1.807, 2.05) is 24.3 Å². The number of hydroxylamine groups is 1. The third-order valence-corrected chi connectivity index (χ3v) is 1.88. The SMILES string of the molecule is COC(=O)C=Cc1ccc(CNO)cc1. The molecule has 4 heteroatoms. The van der Waals surface area contributed by atoms with Crippen molar-refractivity contribution in [2.45, 2.75) is 6.54 Å². The monoisotopic (exact) mass is 207 g/mol. The zero-order chi connectivity index (χ0) is 11.1. The molecule has 0 heterocycles. The van der Waals surface area contributed by atoms with E-state index in [-0.39, 0.29) is 5.97 Å². The van der Waals surface area contributed by atoms with Crippen molar-refractivity contribution in [3.8, 4) is 0 Å². The van der Waals surface area contributed by atoms with Crippen molar-refractivity contribution in [3.63, 3.8) is 0 Å². The van der Waals surface area contributed by atoms with Gasteiger partial charge in [-0.1, -0.05) is 24.3 Å². The fourth-order valence-corrected chi connectivity index (χ4v) is 1.07. The molecule has 0 radical (unpaired) electrons. The first-order chi connectivity index (χ1) is 7.26. The lowest BCUT2D eigenvalue weighted by molar-refractivity contribution is -0.134. The molecule has 0 atom stereocenters. The number of carbonyl (C=O) groups excluding carboxylic acids is 1. The Hall–Kier alpha value is -1.65. The quantitative estimate of drug-likeness (QED) is 0.444. The molecule has 2 N–H and O–H groups in total. The summed E-state index contributed by atoms with van der Waals surface area (Å²) in [5.74, 6) is -0.379. The van der Waals surface area contributed by atoms with Gasteiger partial charge in [0.05, 0.1) is 7.11 Å². The molecule has 0 saturated heterocycles. The van der Waals surface area contributed by atoms with Gasteiger partial charge in [-0.05, 0) is 17.2 Å². The Kier molecular flexibility index (Phi) is 4.53. The first-order valence-corrected chi connectivity index (χ1v) is 4.48. The third-order valence-electron chi connectivity index (χ3n) is 1.88. The molecule has 1 aromatic rings. The van der Waals surface area contributed by atoms with Crippen LogP contribution >= 0.6 is 0 Å². The van der Waals surface area contributed by atoms with Gasteiger partial charge in [-0.15, -0.1) is 0 Å². The van der Waals surface area contributed by atoms with Crippen LogP contribution in [0.25, 0.3) is 6.08 Å². The average Bonchev–Trinajstić information content (AvgIpc) is 2.28. The van der Waals surface area contributed by atoms with Crippen LogP contribution in [0.1, 0.15) is 11.1 Å². The predicted octanol–water partition coefficient (Wildman–Crippen LogP) is 1.35. The van der Waals surface area contributed by atoms with Gasteiger partial charge in [0.2, 0.25) is 0 Å². The summed E-state index contributed by atoms with van der Waals surface area (Å²) < 4.78 is 4.47. The third kappa shape index (κ3) is 3.93.